The summed E-state index contributed by atoms with van der Waals surface area (Å²) in [5.74, 6) is 0. The van der Waals surface area contributed by atoms with E-state index in [0.717, 1.165) is 8.66 Å². The molecule has 0 amide bonds. The van der Waals surface area contributed by atoms with E-state index < -0.39 is 10.0 Å². The Morgan fingerprint density at radius 3 is 2.56 bits per heavy atom. The van der Waals surface area contributed by atoms with Crippen LogP contribution in [0.15, 0.2) is 36.0 Å². The Balaban J connectivity index is 1.96. The maximum atomic E-state index is 12.0. The number of sulfonamides is 1. The molecular weight excluding hydrogens is 422 g/mol. The van der Waals surface area contributed by atoms with Crippen molar-refractivity contribution < 1.29 is 8.42 Å². The van der Waals surface area contributed by atoms with Gasteiger partial charge in [-0.1, -0.05) is 0 Å². The van der Waals surface area contributed by atoms with E-state index in [1.807, 2.05) is 12.1 Å². The number of hydrogen-bond acceptors (Lipinski definition) is 4. The molecule has 0 radical (unpaired) electrons. The average Bonchev–Trinajstić information content (AvgIpc) is 2.87. The predicted octanol–water partition coefficient (Wildman–Crippen LogP) is 3.86. The van der Waals surface area contributed by atoms with Crippen LogP contribution in [0.4, 0.5) is 0 Å². The van der Waals surface area contributed by atoms with E-state index in [9.17, 15) is 8.42 Å². The van der Waals surface area contributed by atoms with Gasteiger partial charge in [0.15, 0.2) is 0 Å². The summed E-state index contributed by atoms with van der Waals surface area (Å²) < 4.78 is 28.5. The summed E-state index contributed by atoms with van der Waals surface area (Å²) in [5, 5.41) is 1.75. The molecule has 8 heteroatoms. The Hall–Kier alpha value is 0.270. The van der Waals surface area contributed by atoms with Crippen molar-refractivity contribution in [3.8, 4) is 0 Å². The fourth-order valence-electron chi connectivity index (χ4n) is 1.33. The van der Waals surface area contributed by atoms with Crippen LogP contribution < -0.4 is 4.72 Å². The molecule has 2 heterocycles. The molecule has 3 nitrogen and oxygen atoms in total. The molecular formula is C10H9Br2NO2S3. The molecule has 0 bridgehead atoms. The lowest BCUT2D eigenvalue weighted by molar-refractivity contribution is 0.583. The van der Waals surface area contributed by atoms with Gasteiger partial charge in [0.2, 0.25) is 0 Å². The van der Waals surface area contributed by atoms with Crippen molar-refractivity contribution in [3.05, 3.63) is 36.7 Å². The first-order valence-corrected chi connectivity index (χ1v) is 9.72. The van der Waals surface area contributed by atoms with Crippen molar-refractivity contribution in [3.63, 3.8) is 0 Å². The Morgan fingerprint density at radius 2 is 2.00 bits per heavy atom. The smallest absolute Gasteiger partial charge is 0.210 e. The molecule has 2 aromatic heterocycles. The minimum atomic E-state index is -3.40. The molecule has 0 aliphatic heterocycles. The SMILES string of the molecule is O=S(=O)(NCCc1ccc(Br)s1)c1sccc1Br. The van der Waals surface area contributed by atoms with Crippen LogP contribution in [-0.2, 0) is 16.4 Å². The molecule has 0 spiro atoms. The summed E-state index contributed by atoms with van der Waals surface area (Å²) in [6.45, 7) is 0.402. The molecule has 0 aliphatic rings. The zero-order chi connectivity index (χ0) is 13.2. The summed E-state index contributed by atoms with van der Waals surface area (Å²) in [7, 11) is -3.40. The highest BCUT2D eigenvalue weighted by Crippen LogP contribution is 2.27. The van der Waals surface area contributed by atoms with Gasteiger partial charge in [0, 0.05) is 15.9 Å². The second kappa shape index (κ2) is 6.15. The first-order valence-electron chi connectivity index (χ1n) is 4.96. The third-order valence-corrected chi connectivity index (χ3v) is 7.94. The average molecular weight is 431 g/mol. The first kappa shape index (κ1) is 14.7. The zero-order valence-corrected chi connectivity index (χ0v) is 14.6. The van der Waals surface area contributed by atoms with Gasteiger partial charge in [-0.3, -0.25) is 0 Å². The maximum Gasteiger partial charge on any atom is 0.251 e. The summed E-state index contributed by atoms with van der Waals surface area (Å²) in [4.78, 5) is 1.15. The minimum Gasteiger partial charge on any atom is -0.210 e. The van der Waals surface area contributed by atoms with E-state index in [2.05, 4.69) is 36.6 Å². The fourth-order valence-corrected chi connectivity index (χ4v) is 6.23. The van der Waals surface area contributed by atoms with Gasteiger partial charge in [0.1, 0.15) is 4.21 Å². The number of thiophene rings is 2. The predicted molar refractivity (Wildman–Crippen MR) is 82.9 cm³/mol. The quantitative estimate of drug-likeness (QED) is 0.782. The van der Waals surface area contributed by atoms with Crippen LogP contribution >= 0.6 is 54.5 Å². The molecule has 2 rings (SSSR count). The first-order chi connectivity index (χ1) is 8.49. The number of nitrogens with one attached hydrogen (secondary N) is 1. The molecule has 1 N–H and O–H groups in total. The number of hydrogen-bond donors (Lipinski definition) is 1. The highest BCUT2D eigenvalue weighted by atomic mass is 79.9. The molecule has 98 valence electrons. The molecule has 0 aromatic carbocycles. The van der Waals surface area contributed by atoms with Crippen LogP contribution in [0.1, 0.15) is 4.88 Å². The van der Waals surface area contributed by atoms with Crippen molar-refractivity contribution in [2.24, 2.45) is 0 Å². The summed E-state index contributed by atoms with van der Waals surface area (Å²) in [6.07, 6.45) is 0.693. The largest absolute Gasteiger partial charge is 0.251 e. The van der Waals surface area contributed by atoms with Gasteiger partial charge in [-0.25, -0.2) is 13.1 Å². The highest BCUT2D eigenvalue weighted by molar-refractivity contribution is 9.11. The van der Waals surface area contributed by atoms with Crippen LogP contribution in [0.2, 0.25) is 0 Å². The lowest BCUT2D eigenvalue weighted by Gasteiger charge is -2.04. The Labute approximate surface area is 131 Å². The third-order valence-electron chi connectivity index (χ3n) is 2.12. The van der Waals surface area contributed by atoms with Gasteiger partial charge in [-0.15, -0.1) is 22.7 Å². The molecule has 2 aromatic rings. The van der Waals surface area contributed by atoms with Crippen molar-refractivity contribution in [2.75, 3.05) is 6.54 Å². The van der Waals surface area contributed by atoms with Gasteiger partial charge in [-0.2, -0.15) is 0 Å². The normalized spacial score (nSPS) is 11.9. The van der Waals surface area contributed by atoms with Crippen LogP contribution in [0.25, 0.3) is 0 Å². The van der Waals surface area contributed by atoms with Gasteiger partial charge < -0.3 is 0 Å². The number of halogens is 2. The van der Waals surface area contributed by atoms with Crippen molar-refractivity contribution in [2.45, 2.75) is 10.6 Å². The second-order valence-electron chi connectivity index (χ2n) is 3.41. The third kappa shape index (κ3) is 3.64. The molecule has 18 heavy (non-hydrogen) atoms. The maximum absolute atomic E-state index is 12.0. The summed E-state index contributed by atoms with van der Waals surface area (Å²) >= 11 is 9.43. The van der Waals surface area contributed by atoms with E-state index in [1.165, 1.54) is 11.3 Å². The lowest BCUT2D eigenvalue weighted by Crippen LogP contribution is -2.25. The monoisotopic (exact) mass is 429 g/mol. The van der Waals surface area contributed by atoms with E-state index in [0.29, 0.717) is 21.6 Å². The second-order valence-corrected chi connectivity index (χ2v) is 9.69. The lowest BCUT2D eigenvalue weighted by atomic mass is 10.3. The van der Waals surface area contributed by atoms with Crippen molar-refractivity contribution in [1.82, 2.24) is 4.72 Å². The molecule has 0 saturated heterocycles. The fraction of sp³-hybridized carbons (Fsp3) is 0.200. The zero-order valence-electron chi connectivity index (χ0n) is 9.02. The van der Waals surface area contributed by atoms with Gasteiger partial charge in [0.25, 0.3) is 10.0 Å². The van der Waals surface area contributed by atoms with E-state index >= 15 is 0 Å². The number of rotatable bonds is 5. The Bertz CT molecular complexity index is 633. The van der Waals surface area contributed by atoms with Gasteiger partial charge >= 0.3 is 0 Å². The topological polar surface area (TPSA) is 46.2 Å². The summed E-state index contributed by atoms with van der Waals surface area (Å²) in [5.41, 5.74) is 0. The van der Waals surface area contributed by atoms with E-state index in [1.54, 1.807) is 22.8 Å². The van der Waals surface area contributed by atoms with Crippen LogP contribution in [0.5, 0.6) is 0 Å². The van der Waals surface area contributed by atoms with Crippen LogP contribution in [0, 0.1) is 0 Å². The van der Waals surface area contributed by atoms with Crippen molar-refractivity contribution in [1.29, 1.82) is 0 Å². The molecule has 0 fully saturated rings. The van der Waals surface area contributed by atoms with Gasteiger partial charge in [-0.05, 0) is 61.9 Å². The minimum absolute atomic E-state index is 0.329. The standard InChI is InChI=1S/C10H9Br2NO2S3/c11-8-4-6-16-10(8)18(14,15)13-5-3-7-1-2-9(12)17-7/h1-2,4,6,13H,3,5H2. The molecule has 0 unspecified atom stereocenters. The van der Waals surface area contributed by atoms with Gasteiger partial charge in [0.05, 0.1) is 3.79 Å². The van der Waals surface area contributed by atoms with Crippen molar-refractivity contribution >= 4 is 64.6 Å². The van der Waals surface area contributed by atoms with E-state index in [4.69, 9.17) is 0 Å². The Kier molecular flexibility index (Phi) is 5.01. The molecule has 0 saturated carbocycles. The Morgan fingerprint density at radius 1 is 1.22 bits per heavy atom. The summed E-state index contributed by atoms with van der Waals surface area (Å²) in [6, 6.07) is 5.68. The van der Waals surface area contributed by atoms with E-state index in [-0.39, 0.29) is 0 Å². The van der Waals surface area contributed by atoms with Crippen LogP contribution in [0.3, 0.4) is 0 Å². The highest BCUT2D eigenvalue weighted by Gasteiger charge is 2.18. The van der Waals surface area contributed by atoms with Crippen LogP contribution in [-0.4, -0.2) is 15.0 Å². The molecule has 0 aliphatic carbocycles. The molecule has 0 atom stereocenters.